The molecule has 4 nitrogen and oxygen atoms in total. The number of carbonyl (C=O) groups excluding carboxylic acids is 1. The van der Waals surface area contributed by atoms with Crippen molar-refractivity contribution in [3.8, 4) is 5.75 Å². The molecule has 0 aliphatic carbocycles. The van der Waals surface area contributed by atoms with Gasteiger partial charge in [0.1, 0.15) is 5.75 Å². The molecule has 1 aliphatic rings. The molecule has 0 spiro atoms. The third-order valence-corrected chi connectivity index (χ3v) is 7.56. The summed E-state index contributed by atoms with van der Waals surface area (Å²) in [4.78, 5) is 17.9. The number of benzene rings is 3. The molecule has 0 unspecified atom stereocenters. The highest BCUT2D eigenvalue weighted by Gasteiger charge is 2.33. The molecule has 3 aromatic rings. The van der Waals surface area contributed by atoms with Crippen LogP contribution in [0.15, 0.2) is 102 Å². The van der Waals surface area contributed by atoms with E-state index in [0.29, 0.717) is 15.8 Å². The van der Waals surface area contributed by atoms with Gasteiger partial charge in [-0.2, -0.15) is 0 Å². The number of nitrogens with zero attached hydrogens (tertiary/aromatic N) is 2. The topological polar surface area (TPSA) is 32.8 Å². The SMILES string of the molecule is CCN(CC)CCCOc1ccc(N2C(=O)/C(=C/C=C(c3ccccc3)c3ccccc3)SC2=S)cc1.Cl. The Kier molecular flexibility index (Phi) is 11.6. The molecule has 0 radical (unpaired) electrons. The summed E-state index contributed by atoms with van der Waals surface area (Å²) in [7, 11) is 0. The molecule has 38 heavy (non-hydrogen) atoms. The van der Waals surface area contributed by atoms with E-state index in [1.807, 2.05) is 72.8 Å². The van der Waals surface area contributed by atoms with Crippen LogP contribution in [0.1, 0.15) is 31.4 Å². The molecule has 0 N–H and O–H groups in total. The fourth-order valence-electron chi connectivity index (χ4n) is 4.17. The van der Waals surface area contributed by atoms with Gasteiger partial charge in [0.25, 0.3) is 5.91 Å². The quantitative estimate of drug-likeness (QED) is 0.136. The first-order valence-electron chi connectivity index (χ1n) is 12.6. The third-order valence-electron chi connectivity index (χ3n) is 6.24. The van der Waals surface area contributed by atoms with Crippen molar-refractivity contribution in [3.63, 3.8) is 0 Å². The predicted octanol–water partition coefficient (Wildman–Crippen LogP) is 7.60. The van der Waals surface area contributed by atoms with Crippen LogP contribution in [0.4, 0.5) is 5.69 Å². The van der Waals surface area contributed by atoms with Gasteiger partial charge in [-0.05, 0) is 66.6 Å². The van der Waals surface area contributed by atoms with E-state index in [1.165, 1.54) is 11.8 Å². The van der Waals surface area contributed by atoms with Gasteiger partial charge < -0.3 is 9.64 Å². The van der Waals surface area contributed by atoms with E-state index in [1.54, 1.807) is 4.90 Å². The van der Waals surface area contributed by atoms with Crippen molar-refractivity contribution >= 4 is 57.9 Å². The summed E-state index contributed by atoms with van der Waals surface area (Å²) in [5, 5.41) is 0. The number of rotatable bonds is 11. The summed E-state index contributed by atoms with van der Waals surface area (Å²) in [6.45, 7) is 8.15. The first kappa shape index (κ1) is 29.7. The lowest BCUT2D eigenvalue weighted by atomic mass is 9.97. The zero-order valence-corrected chi connectivity index (χ0v) is 24.2. The monoisotopic (exact) mass is 564 g/mol. The van der Waals surface area contributed by atoms with Crippen molar-refractivity contribution in [1.82, 2.24) is 4.90 Å². The number of anilines is 1. The van der Waals surface area contributed by atoms with Gasteiger partial charge in [0.2, 0.25) is 0 Å². The van der Waals surface area contributed by atoms with Crippen molar-refractivity contribution < 1.29 is 9.53 Å². The minimum absolute atomic E-state index is 0. The fraction of sp³-hybridized carbons (Fsp3) is 0.226. The standard InChI is InChI=1S/C31H32N2O2S2.ClH/c1-3-32(4-2)22-11-23-35-27-18-16-26(17-19-27)33-30(34)29(37-31(33)36)21-20-28(24-12-7-5-8-13-24)25-14-9-6-10-15-25;/h5-10,12-21H,3-4,11,22-23H2,1-2H3;1H/b29-21-;. The van der Waals surface area contributed by atoms with Gasteiger partial charge in [0, 0.05) is 6.54 Å². The molecule has 1 saturated heterocycles. The number of hydrogen-bond donors (Lipinski definition) is 0. The minimum atomic E-state index is -0.111. The number of hydrogen-bond acceptors (Lipinski definition) is 5. The summed E-state index contributed by atoms with van der Waals surface area (Å²) in [5.74, 6) is 0.683. The number of allylic oxidation sites excluding steroid dienone is 2. The van der Waals surface area contributed by atoms with E-state index < -0.39 is 0 Å². The van der Waals surface area contributed by atoms with Crippen LogP contribution in [0.5, 0.6) is 5.75 Å². The molecule has 4 rings (SSSR count). The Morgan fingerprint density at radius 3 is 2.05 bits per heavy atom. The van der Waals surface area contributed by atoms with E-state index >= 15 is 0 Å². The van der Waals surface area contributed by atoms with Gasteiger partial charge >= 0.3 is 0 Å². The van der Waals surface area contributed by atoms with Crippen LogP contribution in [-0.2, 0) is 4.79 Å². The predicted molar refractivity (Wildman–Crippen MR) is 167 cm³/mol. The van der Waals surface area contributed by atoms with Crippen LogP contribution < -0.4 is 9.64 Å². The number of carbonyl (C=O) groups is 1. The lowest BCUT2D eigenvalue weighted by molar-refractivity contribution is -0.113. The van der Waals surface area contributed by atoms with Crippen LogP contribution in [0.2, 0.25) is 0 Å². The van der Waals surface area contributed by atoms with Gasteiger partial charge in [0.05, 0.1) is 17.2 Å². The maximum absolute atomic E-state index is 13.3. The number of halogens is 1. The van der Waals surface area contributed by atoms with E-state index in [0.717, 1.165) is 54.2 Å². The molecular formula is C31H33ClN2O2S2. The van der Waals surface area contributed by atoms with Crippen LogP contribution in [0.25, 0.3) is 5.57 Å². The number of ether oxygens (including phenoxy) is 1. The highest BCUT2D eigenvalue weighted by Crippen LogP contribution is 2.36. The molecule has 7 heteroatoms. The van der Waals surface area contributed by atoms with Crippen LogP contribution in [-0.4, -0.2) is 41.4 Å². The normalized spacial score (nSPS) is 14.1. The second kappa shape index (κ2) is 14.9. The molecule has 3 aromatic carbocycles. The maximum Gasteiger partial charge on any atom is 0.270 e. The summed E-state index contributed by atoms with van der Waals surface area (Å²) in [6.07, 6.45) is 4.86. The summed E-state index contributed by atoms with van der Waals surface area (Å²) in [5.41, 5.74) is 3.98. The Morgan fingerprint density at radius 1 is 0.921 bits per heavy atom. The molecule has 1 aliphatic heterocycles. The smallest absolute Gasteiger partial charge is 0.270 e. The Morgan fingerprint density at radius 2 is 1.50 bits per heavy atom. The molecule has 1 amide bonds. The molecule has 0 atom stereocenters. The molecule has 1 fully saturated rings. The largest absolute Gasteiger partial charge is 0.494 e. The first-order chi connectivity index (χ1) is 18.1. The Balaban J connectivity index is 0.00000400. The maximum atomic E-state index is 13.3. The van der Waals surface area contributed by atoms with Gasteiger partial charge in [-0.15, -0.1) is 12.4 Å². The third kappa shape index (κ3) is 7.58. The van der Waals surface area contributed by atoms with Crippen molar-refractivity contribution in [2.24, 2.45) is 0 Å². The molecule has 198 valence electrons. The van der Waals surface area contributed by atoms with Gasteiger partial charge in [-0.1, -0.05) is 105 Å². The zero-order valence-electron chi connectivity index (χ0n) is 21.7. The molecule has 1 heterocycles. The first-order valence-corrected chi connectivity index (χ1v) is 13.9. The number of thiocarbonyl (C=S) groups is 1. The van der Waals surface area contributed by atoms with Crippen LogP contribution in [0, 0.1) is 0 Å². The average molecular weight is 565 g/mol. The van der Waals surface area contributed by atoms with Crippen molar-refractivity contribution in [3.05, 3.63) is 113 Å². The number of amides is 1. The van der Waals surface area contributed by atoms with Crippen molar-refractivity contribution in [2.45, 2.75) is 20.3 Å². The average Bonchev–Trinajstić information content (AvgIpc) is 3.23. The second-order valence-electron chi connectivity index (χ2n) is 8.57. The van der Waals surface area contributed by atoms with E-state index in [-0.39, 0.29) is 18.3 Å². The molecular weight excluding hydrogens is 532 g/mol. The van der Waals surface area contributed by atoms with Crippen LogP contribution >= 0.6 is 36.4 Å². The molecule has 0 bridgehead atoms. The lowest BCUT2D eigenvalue weighted by Gasteiger charge is -2.18. The Labute approximate surface area is 241 Å². The Bertz CT molecular complexity index is 1220. The van der Waals surface area contributed by atoms with E-state index in [4.69, 9.17) is 17.0 Å². The zero-order chi connectivity index (χ0) is 26.0. The lowest BCUT2D eigenvalue weighted by Crippen LogP contribution is -2.27. The van der Waals surface area contributed by atoms with E-state index in [9.17, 15) is 4.79 Å². The van der Waals surface area contributed by atoms with Crippen LogP contribution in [0.3, 0.4) is 0 Å². The highest BCUT2D eigenvalue weighted by molar-refractivity contribution is 8.27. The summed E-state index contributed by atoms with van der Waals surface area (Å²) < 4.78 is 6.43. The molecule has 0 saturated carbocycles. The van der Waals surface area contributed by atoms with Crippen molar-refractivity contribution in [1.29, 1.82) is 0 Å². The Hall–Kier alpha value is -2.90. The fourth-order valence-corrected chi connectivity index (χ4v) is 5.41. The number of thioether (sulfide) groups is 1. The highest BCUT2D eigenvalue weighted by atomic mass is 35.5. The van der Waals surface area contributed by atoms with Crippen molar-refractivity contribution in [2.75, 3.05) is 31.1 Å². The second-order valence-corrected chi connectivity index (χ2v) is 10.3. The van der Waals surface area contributed by atoms with Gasteiger partial charge in [-0.25, -0.2) is 0 Å². The van der Waals surface area contributed by atoms with Gasteiger partial charge in [0.15, 0.2) is 4.32 Å². The minimum Gasteiger partial charge on any atom is -0.494 e. The van der Waals surface area contributed by atoms with Gasteiger partial charge in [-0.3, -0.25) is 9.69 Å². The molecule has 0 aromatic heterocycles. The summed E-state index contributed by atoms with van der Waals surface area (Å²) in [6, 6.07) is 28.0. The van der Waals surface area contributed by atoms with E-state index in [2.05, 4.69) is 43.0 Å². The summed E-state index contributed by atoms with van der Waals surface area (Å²) >= 11 is 6.91.